The summed E-state index contributed by atoms with van der Waals surface area (Å²) in [5.74, 6) is -1.26. The van der Waals surface area contributed by atoms with E-state index in [4.69, 9.17) is 16.6 Å². The molecule has 1 fully saturated rings. The van der Waals surface area contributed by atoms with E-state index in [0.29, 0.717) is 18.1 Å². The fourth-order valence-corrected chi connectivity index (χ4v) is 2.63. The molecular weight excluding hydrogens is 246 g/mol. The third-order valence-corrected chi connectivity index (χ3v) is 3.46. The lowest BCUT2D eigenvalue weighted by molar-refractivity contribution is -0.150. The number of carbonyl (C=O) groups excluding carboxylic acids is 2. The molecule has 1 aliphatic heterocycles. The summed E-state index contributed by atoms with van der Waals surface area (Å²) >= 11 is 1.47. The van der Waals surface area contributed by atoms with Gasteiger partial charge in [-0.1, -0.05) is 0 Å². The highest BCUT2D eigenvalue weighted by Gasteiger charge is 2.34. The third-order valence-electron chi connectivity index (χ3n) is 2.43. The summed E-state index contributed by atoms with van der Waals surface area (Å²) in [5.41, 5.74) is 10.5. The van der Waals surface area contributed by atoms with E-state index in [2.05, 4.69) is 0 Å². The van der Waals surface area contributed by atoms with Crippen molar-refractivity contribution in [2.24, 2.45) is 11.5 Å². The SMILES string of the molecule is NC(=O)CC(N)C(=O)N1CCSCC1C(=O)O. The molecule has 0 aromatic heterocycles. The average Bonchev–Trinajstić information content (AvgIpc) is 2.27. The fourth-order valence-electron chi connectivity index (χ4n) is 1.59. The van der Waals surface area contributed by atoms with Gasteiger partial charge in [-0.25, -0.2) is 4.79 Å². The van der Waals surface area contributed by atoms with Gasteiger partial charge in [0.2, 0.25) is 11.8 Å². The van der Waals surface area contributed by atoms with Gasteiger partial charge in [0.1, 0.15) is 6.04 Å². The zero-order valence-corrected chi connectivity index (χ0v) is 9.98. The van der Waals surface area contributed by atoms with E-state index in [1.165, 1.54) is 16.7 Å². The van der Waals surface area contributed by atoms with Crippen LogP contribution in [0.1, 0.15) is 6.42 Å². The first-order valence-corrected chi connectivity index (χ1v) is 6.24. The molecule has 0 radical (unpaired) electrons. The van der Waals surface area contributed by atoms with Crippen LogP contribution in [0.2, 0.25) is 0 Å². The molecule has 96 valence electrons. The van der Waals surface area contributed by atoms with E-state index >= 15 is 0 Å². The van der Waals surface area contributed by atoms with E-state index < -0.39 is 29.9 Å². The zero-order chi connectivity index (χ0) is 13.0. The topological polar surface area (TPSA) is 127 Å². The van der Waals surface area contributed by atoms with Crippen LogP contribution in [-0.4, -0.2) is 57.9 Å². The van der Waals surface area contributed by atoms with Crippen LogP contribution in [0, 0.1) is 0 Å². The van der Waals surface area contributed by atoms with Crippen LogP contribution in [0.15, 0.2) is 0 Å². The van der Waals surface area contributed by atoms with E-state index in [9.17, 15) is 14.4 Å². The number of aliphatic carboxylic acids is 1. The second kappa shape index (κ2) is 5.87. The predicted molar refractivity (Wildman–Crippen MR) is 62.2 cm³/mol. The minimum absolute atomic E-state index is 0.269. The van der Waals surface area contributed by atoms with Gasteiger partial charge in [-0.2, -0.15) is 11.8 Å². The Hall–Kier alpha value is -1.28. The van der Waals surface area contributed by atoms with Gasteiger partial charge in [0, 0.05) is 18.1 Å². The Bertz CT molecular complexity index is 336. The zero-order valence-electron chi connectivity index (χ0n) is 9.17. The summed E-state index contributed by atoms with van der Waals surface area (Å²) in [5, 5.41) is 8.98. The van der Waals surface area contributed by atoms with Crippen LogP contribution in [0.4, 0.5) is 0 Å². The summed E-state index contributed by atoms with van der Waals surface area (Å²) in [6.45, 7) is 0.326. The molecule has 1 aliphatic rings. The third kappa shape index (κ3) is 3.60. The van der Waals surface area contributed by atoms with Crippen LogP contribution in [-0.2, 0) is 14.4 Å². The number of carbonyl (C=O) groups is 3. The van der Waals surface area contributed by atoms with E-state index in [-0.39, 0.29) is 6.42 Å². The summed E-state index contributed by atoms with van der Waals surface area (Å²) in [7, 11) is 0. The largest absolute Gasteiger partial charge is 0.480 e. The second-order valence-electron chi connectivity index (χ2n) is 3.74. The van der Waals surface area contributed by atoms with Gasteiger partial charge < -0.3 is 21.5 Å². The van der Waals surface area contributed by atoms with Crippen molar-refractivity contribution in [3.63, 3.8) is 0 Å². The molecule has 1 heterocycles. The Balaban J connectivity index is 2.70. The highest BCUT2D eigenvalue weighted by molar-refractivity contribution is 7.99. The molecule has 2 amide bonds. The molecule has 1 rings (SSSR count). The summed E-state index contributed by atoms with van der Waals surface area (Å²) in [4.78, 5) is 34.7. The number of carboxylic acids is 1. The Morgan fingerprint density at radius 2 is 2.12 bits per heavy atom. The number of carboxylic acid groups (broad SMARTS) is 1. The lowest BCUT2D eigenvalue weighted by atomic mass is 10.1. The minimum atomic E-state index is -1.06. The first-order valence-electron chi connectivity index (χ1n) is 5.08. The van der Waals surface area contributed by atoms with Crippen LogP contribution >= 0.6 is 11.8 Å². The number of amides is 2. The smallest absolute Gasteiger partial charge is 0.327 e. The molecule has 0 saturated carbocycles. The second-order valence-corrected chi connectivity index (χ2v) is 4.89. The first-order chi connectivity index (χ1) is 7.93. The molecule has 1 saturated heterocycles. The molecule has 17 heavy (non-hydrogen) atoms. The molecule has 8 heteroatoms. The summed E-state index contributed by atoms with van der Waals surface area (Å²) in [6, 6.07) is -1.93. The van der Waals surface area contributed by atoms with Gasteiger partial charge in [-0.05, 0) is 0 Å². The average molecular weight is 261 g/mol. The molecule has 2 unspecified atom stereocenters. The quantitative estimate of drug-likeness (QED) is 0.549. The summed E-state index contributed by atoms with van der Waals surface area (Å²) < 4.78 is 0. The Morgan fingerprint density at radius 3 is 2.65 bits per heavy atom. The number of thioether (sulfide) groups is 1. The van der Waals surface area contributed by atoms with Crippen molar-refractivity contribution in [2.45, 2.75) is 18.5 Å². The van der Waals surface area contributed by atoms with Crippen LogP contribution < -0.4 is 11.5 Å². The molecule has 0 spiro atoms. The van der Waals surface area contributed by atoms with E-state index in [0.717, 1.165) is 0 Å². The summed E-state index contributed by atoms with van der Waals surface area (Å²) in [6.07, 6.45) is -0.269. The molecule has 0 bridgehead atoms. The van der Waals surface area contributed by atoms with Gasteiger partial charge in [-0.3, -0.25) is 9.59 Å². The van der Waals surface area contributed by atoms with Crippen LogP contribution in [0.5, 0.6) is 0 Å². The fraction of sp³-hybridized carbons (Fsp3) is 0.667. The maximum Gasteiger partial charge on any atom is 0.327 e. The Morgan fingerprint density at radius 1 is 1.47 bits per heavy atom. The standard InChI is InChI=1S/C9H15N3O4S/c10-5(3-7(11)13)8(14)12-1-2-17-4-6(12)9(15)16/h5-6H,1-4,10H2,(H2,11,13)(H,15,16). The van der Waals surface area contributed by atoms with Gasteiger partial charge in [0.05, 0.1) is 12.5 Å². The molecular formula is C9H15N3O4S. The monoisotopic (exact) mass is 261 g/mol. The van der Waals surface area contributed by atoms with Crippen molar-refractivity contribution in [1.82, 2.24) is 4.90 Å². The lowest BCUT2D eigenvalue weighted by Crippen LogP contribution is -2.55. The minimum Gasteiger partial charge on any atom is -0.480 e. The predicted octanol–water partition coefficient (Wildman–Crippen LogP) is -1.78. The number of nitrogens with two attached hydrogens (primary N) is 2. The molecule has 7 nitrogen and oxygen atoms in total. The Labute approximate surface area is 102 Å². The number of hydrogen-bond acceptors (Lipinski definition) is 5. The highest BCUT2D eigenvalue weighted by Crippen LogP contribution is 2.17. The normalized spacial score (nSPS) is 21.9. The maximum atomic E-state index is 11.9. The van der Waals surface area contributed by atoms with Crippen molar-refractivity contribution >= 4 is 29.5 Å². The molecule has 0 aliphatic carbocycles. The van der Waals surface area contributed by atoms with Crippen molar-refractivity contribution in [3.05, 3.63) is 0 Å². The molecule has 5 N–H and O–H groups in total. The first kappa shape index (κ1) is 13.8. The van der Waals surface area contributed by atoms with Gasteiger partial charge in [-0.15, -0.1) is 0 Å². The van der Waals surface area contributed by atoms with Crippen molar-refractivity contribution in [3.8, 4) is 0 Å². The maximum absolute atomic E-state index is 11.9. The van der Waals surface area contributed by atoms with Crippen molar-refractivity contribution < 1.29 is 19.5 Å². The highest BCUT2D eigenvalue weighted by atomic mass is 32.2. The lowest BCUT2D eigenvalue weighted by Gasteiger charge is -2.34. The number of nitrogens with zero attached hydrogens (tertiary/aromatic N) is 1. The number of hydrogen-bond donors (Lipinski definition) is 3. The van der Waals surface area contributed by atoms with Gasteiger partial charge in [0.15, 0.2) is 0 Å². The number of rotatable bonds is 4. The van der Waals surface area contributed by atoms with E-state index in [1.807, 2.05) is 0 Å². The van der Waals surface area contributed by atoms with E-state index in [1.54, 1.807) is 0 Å². The molecule has 0 aromatic carbocycles. The van der Waals surface area contributed by atoms with Crippen molar-refractivity contribution in [2.75, 3.05) is 18.1 Å². The van der Waals surface area contributed by atoms with Crippen LogP contribution in [0.3, 0.4) is 0 Å². The molecule has 2 atom stereocenters. The van der Waals surface area contributed by atoms with Crippen molar-refractivity contribution in [1.29, 1.82) is 0 Å². The van der Waals surface area contributed by atoms with Crippen LogP contribution in [0.25, 0.3) is 0 Å². The van der Waals surface area contributed by atoms with Gasteiger partial charge >= 0.3 is 5.97 Å². The Kier molecular flexibility index (Phi) is 4.76. The van der Waals surface area contributed by atoms with Gasteiger partial charge in [0.25, 0.3) is 0 Å². The number of primary amides is 1. The molecule has 0 aromatic rings.